The van der Waals surface area contributed by atoms with Crippen molar-refractivity contribution in [2.24, 2.45) is 0 Å². The lowest BCUT2D eigenvalue weighted by atomic mass is 10.0. The average molecular weight is 262 g/mol. The van der Waals surface area contributed by atoms with Crippen LogP contribution in [0.25, 0.3) is 0 Å². The third-order valence-electron chi connectivity index (χ3n) is 2.34. The summed E-state index contributed by atoms with van der Waals surface area (Å²) in [6.07, 6.45) is -2.65. The van der Waals surface area contributed by atoms with Gasteiger partial charge in [-0.3, -0.25) is 0 Å². The normalized spacial score (nSPS) is 11.3. The number of benzene rings is 1. The summed E-state index contributed by atoms with van der Waals surface area (Å²) in [7, 11) is 0. The molecule has 0 heterocycles. The van der Waals surface area contributed by atoms with E-state index in [4.69, 9.17) is 5.11 Å². The summed E-state index contributed by atoms with van der Waals surface area (Å²) in [5, 5.41) is 8.95. The van der Waals surface area contributed by atoms with Crippen molar-refractivity contribution in [2.75, 3.05) is 0 Å². The molecule has 0 atom stereocenters. The van der Waals surface area contributed by atoms with Gasteiger partial charge in [0, 0.05) is 0 Å². The van der Waals surface area contributed by atoms with Gasteiger partial charge in [0.1, 0.15) is 5.75 Å². The minimum atomic E-state index is -4.82. The molecule has 0 radical (unpaired) electrons. The molecule has 18 heavy (non-hydrogen) atoms. The van der Waals surface area contributed by atoms with E-state index in [9.17, 15) is 18.0 Å². The molecule has 0 fully saturated rings. The average Bonchev–Trinajstić information content (AvgIpc) is 2.25. The van der Waals surface area contributed by atoms with Crippen molar-refractivity contribution in [3.63, 3.8) is 0 Å². The molecule has 0 amide bonds. The number of hydrogen-bond acceptors (Lipinski definition) is 2. The second-order valence-electron chi connectivity index (χ2n) is 3.78. The highest BCUT2D eigenvalue weighted by Gasteiger charge is 2.31. The number of carboxylic acid groups (broad SMARTS) is 1. The molecule has 0 aliphatic heterocycles. The summed E-state index contributed by atoms with van der Waals surface area (Å²) in [6, 6.07) is 3.39. The Kier molecular flexibility index (Phi) is 4.58. The summed E-state index contributed by atoms with van der Waals surface area (Å²) in [5.41, 5.74) is 0.365. The van der Waals surface area contributed by atoms with Crippen LogP contribution < -0.4 is 4.74 Å². The molecule has 0 saturated heterocycles. The highest BCUT2D eigenvalue weighted by atomic mass is 19.4. The van der Waals surface area contributed by atoms with Crippen LogP contribution in [-0.2, 0) is 6.42 Å². The van der Waals surface area contributed by atoms with E-state index in [2.05, 4.69) is 4.74 Å². The number of halogens is 3. The minimum Gasteiger partial charge on any atom is -0.478 e. The van der Waals surface area contributed by atoms with Crippen LogP contribution in [0.4, 0.5) is 13.2 Å². The molecule has 0 bridgehead atoms. The van der Waals surface area contributed by atoms with Gasteiger partial charge in [0.05, 0.1) is 5.56 Å². The predicted molar refractivity (Wildman–Crippen MR) is 58.7 cm³/mol. The van der Waals surface area contributed by atoms with Crippen LogP contribution in [0, 0.1) is 0 Å². The predicted octanol–water partition coefficient (Wildman–Crippen LogP) is 3.63. The fraction of sp³-hybridized carbons (Fsp3) is 0.417. The molecule has 0 unspecified atom stereocenters. The number of ether oxygens (including phenoxy) is 1. The Labute approximate surface area is 102 Å². The summed E-state index contributed by atoms with van der Waals surface area (Å²) in [6.45, 7) is 1.95. The molecule has 1 rings (SSSR count). The molecule has 100 valence electrons. The van der Waals surface area contributed by atoms with E-state index < -0.39 is 18.1 Å². The molecule has 1 aromatic rings. The first-order valence-electron chi connectivity index (χ1n) is 5.45. The number of carbonyl (C=O) groups is 1. The van der Waals surface area contributed by atoms with Crippen LogP contribution in [-0.4, -0.2) is 17.4 Å². The van der Waals surface area contributed by atoms with Gasteiger partial charge < -0.3 is 9.84 Å². The van der Waals surface area contributed by atoms with Gasteiger partial charge in [-0.2, -0.15) is 0 Å². The van der Waals surface area contributed by atoms with Crippen molar-refractivity contribution in [3.8, 4) is 5.75 Å². The highest BCUT2D eigenvalue weighted by Crippen LogP contribution is 2.25. The van der Waals surface area contributed by atoms with E-state index in [-0.39, 0.29) is 5.56 Å². The zero-order valence-corrected chi connectivity index (χ0v) is 9.75. The lowest BCUT2D eigenvalue weighted by Crippen LogP contribution is -2.17. The third kappa shape index (κ3) is 4.27. The number of hydrogen-bond donors (Lipinski definition) is 1. The minimum absolute atomic E-state index is 0.148. The summed E-state index contributed by atoms with van der Waals surface area (Å²) >= 11 is 0. The van der Waals surface area contributed by atoms with Crippen LogP contribution in [0.2, 0.25) is 0 Å². The van der Waals surface area contributed by atoms with Crippen LogP contribution in [0.3, 0.4) is 0 Å². The topological polar surface area (TPSA) is 46.5 Å². The van der Waals surface area contributed by atoms with Crippen molar-refractivity contribution in [3.05, 3.63) is 29.3 Å². The Morgan fingerprint density at radius 3 is 2.56 bits per heavy atom. The van der Waals surface area contributed by atoms with E-state index in [1.165, 1.54) is 6.07 Å². The number of alkyl halides is 3. The fourth-order valence-electron chi connectivity index (χ4n) is 1.54. The van der Waals surface area contributed by atoms with Gasteiger partial charge in [-0.25, -0.2) is 4.79 Å². The van der Waals surface area contributed by atoms with Gasteiger partial charge in [0.2, 0.25) is 0 Å². The fourth-order valence-corrected chi connectivity index (χ4v) is 1.54. The number of rotatable bonds is 5. The summed E-state index contributed by atoms with van der Waals surface area (Å²) in [5.74, 6) is -1.77. The molecule has 0 saturated carbocycles. The second-order valence-corrected chi connectivity index (χ2v) is 3.78. The molecular weight excluding hydrogens is 249 g/mol. The molecule has 6 heteroatoms. The molecule has 1 aromatic carbocycles. The molecule has 3 nitrogen and oxygen atoms in total. The van der Waals surface area contributed by atoms with E-state index in [0.29, 0.717) is 12.0 Å². The maximum Gasteiger partial charge on any atom is 0.573 e. The van der Waals surface area contributed by atoms with Crippen molar-refractivity contribution >= 4 is 5.97 Å². The van der Waals surface area contributed by atoms with Gasteiger partial charge in [0.25, 0.3) is 0 Å². The van der Waals surface area contributed by atoms with E-state index in [0.717, 1.165) is 25.0 Å². The SMILES string of the molecule is CCCCc1ccc(OC(F)(F)F)cc1C(=O)O. The van der Waals surface area contributed by atoms with E-state index >= 15 is 0 Å². The summed E-state index contributed by atoms with van der Waals surface area (Å²) in [4.78, 5) is 11.0. The van der Waals surface area contributed by atoms with Gasteiger partial charge in [-0.05, 0) is 30.5 Å². The monoisotopic (exact) mass is 262 g/mol. The maximum atomic E-state index is 12.0. The zero-order valence-electron chi connectivity index (χ0n) is 9.75. The lowest BCUT2D eigenvalue weighted by Gasteiger charge is -2.11. The molecule has 0 spiro atoms. The van der Waals surface area contributed by atoms with Gasteiger partial charge >= 0.3 is 12.3 Å². The van der Waals surface area contributed by atoms with Crippen LogP contribution in [0.1, 0.15) is 35.7 Å². The van der Waals surface area contributed by atoms with Crippen molar-refractivity contribution < 1.29 is 27.8 Å². The second kappa shape index (κ2) is 5.75. The Morgan fingerprint density at radius 2 is 2.06 bits per heavy atom. The first kappa shape index (κ1) is 14.3. The van der Waals surface area contributed by atoms with Gasteiger partial charge in [-0.15, -0.1) is 13.2 Å². The first-order valence-corrected chi connectivity index (χ1v) is 5.45. The van der Waals surface area contributed by atoms with Crippen LogP contribution in [0.5, 0.6) is 5.75 Å². The first-order chi connectivity index (χ1) is 8.33. The number of carboxylic acids is 1. The number of aryl methyl sites for hydroxylation is 1. The van der Waals surface area contributed by atoms with Crippen molar-refractivity contribution in [1.82, 2.24) is 0 Å². The number of unbranched alkanes of at least 4 members (excludes halogenated alkanes) is 1. The maximum absolute atomic E-state index is 12.0. The Bertz CT molecular complexity index is 427. The standard InChI is InChI=1S/C12H13F3O3/c1-2-3-4-8-5-6-9(18-12(13,14)15)7-10(8)11(16)17/h5-7H,2-4H2,1H3,(H,16,17). The van der Waals surface area contributed by atoms with Crippen LogP contribution >= 0.6 is 0 Å². The molecule has 0 aliphatic carbocycles. The van der Waals surface area contributed by atoms with Crippen LogP contribution in [0.15, 0.2) is 18.2 Å². The highest BCUT2D eigenvalue weighted by molar-refractivity contribution is 5.89. The Morgan fingerprint density at radius 1 is 1.39 bits per heavy atom. The largest absolute Gasteiger partial charge is 0.573 e. The van der Waals surface area contributed by atoms with Gasteiger partial charge in [-0.1, -0.05) is 19.4 Å². The number of aromatic carboxylic acids is 1. The van der Waals surface area contributed by atoms with Gasteiger partial charge in [0.15, 0.2) is 0 Å². The zero-order chi connectivity index (χ0) is 13.8. The van der Waals surface area contributed by atoms with E-state index in [1.54, 1.807) is 0 Å². The summed E-state index contributed by atoms with van der Waals surface area (Å²) < 4.78 is 39.7. The third-order valence-corrected chi connectivity index (χ3v) is 2.34. The molecule has 1 N–H and O–H groups in total. The molecule has 0 aromatic heterocycles. The quantitative estimate of drug-likeness (QED) is 0.881. The lowest BCUT2D eigenvalue weighted by molar-refractivity contribution is -0.274. The van der Waals surface area contributed by atoms with E-state index in [1.807, 2.05) is 6.92 Å². The smallest absolute Gasteiger partial charge is 0.478 e. The Balaban J connectivity index is 2.99. The Hall–Kier alpha value is -1.72. The molecular formula is C12H13F3O3. The van der Waals surface area contributed by atoms with Crippen molar-refractivity contribution in [1.29, 1.82) is 0 Å². The van der Waals surface area contributed by atoms with Crippen molar-refractivity contribution in [2.45, 2.75) is 32.5 Å². The molecule has 0 aliphatic rings.